The van der Waals surface area contributed by atoms with Crippen LogP contribution in [-0.2, 0) is 12.8 Å². The molecule has 1 N–H and O–H groups in total. The molecule has 0 fully saturated rings. The minimum absolute atomic E-state index is 0.273. The lowest BCUT2D eigenvalue weighted by atomic mass is 9.90. The Morgan fingerprint density at radius 2 is 1.72 bits per heavy atom. The standard InChI is InChI=1S/C28H22N4OS3/c34-27(29-18-10-3-1-4-11-18)31-25-24-23(22-16-9-17-36-22)20-14-7-8-15-21(20)30-26(24)33-28(35)32(25)19-12-5-2-6-13-19/h1-6,9-13,16-17H,7-8,14-15H2,(H,29,34)/b31-25+. The maximum Gasteiger partial charge on any atom is 0.276 e. The fourth-order valence-corrected chi connectivity index (χ4v) is 5.98. The van der Waals surface area contributed by atoms with E-state index in [4.69, 9.17) is 38.8 Å². The largest absolute Gasteiger partial charge is 0.411 e. The Bertz CT molecular complexity index is 1690. The van der Waals surface area contributed by atoms with E-state index in [-0.39, 0.29) is 4.84 Å². The molecule has 8 heteroatoms. The molecule has 2 aromatic carbocycles. The van der Waals surface area contributed by atoms with Crippen LogP contribution in [0.1, 0.15) is 24.1 Å². The predicted molar refractivity (Wildman–Crippen MR) is 152 cm³/mol. The summed E-state index contributed by atoms with van der Waals surface area (Å²) in [5, 5.41) is 6.50. The average molecular weight is 527 g/mol. The summed E-state index contributed by atoms with van der Waals surface area (Å²) in [6, 6.07) is 23.9. The van der Waals surface area contributed by atoms with Crippen molar-refractivity contribution in [2.75, 3.05) is 5.32 Å². The van der Waals surface area contributed by atoms with Gasteiger partial charge in [-0.1, -0.05) is 42.5 Å². The Labute approximate surface area is 222 Å². The van der Waals surface area contributed by atoms with Crippen molar-refractivity contribution in [1.82, 2.24) is 9.55 Å². The van der Waals surface area contributed by atoms with Crippen molar-refractivity contribution in [3.05, 3.63) is 99.8 Å². The number of aryl methyl sites for hydroxylation is 1. The summed E-state index contributed by atoms with van der Waals surface area (Å²) < 4.78 is 8.09. The van der Waals surface area contributed by atoms with E-state index in [0.29, 0.717) is 16.3 Å². The molecule has 1 aliphatic rings. The van der Waals surface area contributed by atoms with Crippen molar-refractivity contribution in [3.8, 4) is 16.1 Å². The molecule has 0 spiro atoms. The van der Waals surface area contributed by atoms with E-state index in [1.54, 1.807) is 11.3 Å². The Balaban J connectivity index is 1.72. The van der Waals surface area contributed by atoms with Gasteiger partial charge in [0.1, 0.15) is 0 Å². The summed E-state index contributed by atoms with van der Waals surface area (Å²) >= 11 is 13.2. The van der Waals surface area contributed by atoms with Crippen LogP contribution in [-0.4, -0.2) is 14.7 Å². The lowest BCUT2D eigenvalue weighted by Crippen LogP contribution is -2.26. The second kappa shape index (κ2) is 9.89. The van der Waals surface area contributed by atoms with Crippen molar-refractivity contribution in [2.45, 2.75) is 25.7 Å². The molecule has 178 valence electrons. The Hall–Kier alpha value is -3.46. The molecule has 6 rings (SSSR count). The van der Waals surface area contributed by atoms with Gasteiger partial charge in [-0.05, 0) is 91.4 Å². The zero-order valence-corrected chi connectivity index (χ0v) is 21.8. The van der Waals surface area contributed by atoms with Gasteiger partial charge in [-0.2, -0.15) is 0 Å². The molecule has 0 bridgehead atoms. The number of pyridine rings is 1. The predicted octanol–water partition coefficient (Wildman–Crippen LogP) is 7.25. The zero-order chi connectivity index (χ0) is 24.5. The summed E-state index contributed by atoms with van der Waals surface area (Å²) in [7, 11) is 0. The first-order chi connectivity index (χ1) is 17.7. The third kappa shape index (κ3) is 4.32. The van der Waals surface area contributed by atoms with Crippen LogP contribution in [0.25, 0.3) is 27.2 Å². The van der Waals surface area contributed by atoms with Gasteiger partial charge in [-0.15, -0.1) is 11.3 Å². The number of nitrogens with one attached hydrogen (secondary N) is 1. The quantitative estimate of drug-likeness (QED) is 0.251. The van der Waals surface area contributed by atoms with Crippen LogP contribution in [0.15, 0.2) is 87.6 Å². The topological polar surface area (TPSA) is 55.4 Å². The van der Waals surface area contributed by atoms with Crippen LogP contribution >= 0.6 is 35.8 Å². The number of aromatic nitrogens is 2. The third-order valence-electron chi connectivity index (χ3n) is 6.26. The molecule has 5 nitrogen and oxygen atoms in total. The number of nitrogens with zero attached hydrogens (tertiary/aromatic N) is 3. The van der Waals surface area contributed by atoms with Gasteiger partial charge < -0.3 is 9.73 Å². The number of rotatable bonds is 3. The summed E-state index contributed by atoms with van der Waals surface area (Å²) in [5.41, 5.74) is 6.31. The summed E-state index contributed by atoms with van der Waals surface area (Å²) in [5.74, 6) is 0. The van der Waals surface area contributed by atoms with Crippen LogP contribution in [0.2, 0.25) is 0 Å². The molecule has 0 radical (unpaired) electrons. The molecular weight excluding hydrogens is 505 g/mol. The highest BCUT2D eigenvalue weighted by atomic mass is 32.1. The SMILES string of the molecule is S=C(/N=c1\c2c(-c3cccs3)c3c(nc2oc(=S)n1-c1ccccc1)CCCC3)Nc1ccccc1. The number of fused-ring (bicyclic) bond motifs is 2. The zero-order valence-electron chi connectivity index (χ0n) is 19.3. The van der Waals surface area contributed by atoms with Crippen molar-refractivity contribution >= 4 is 57.7 Å². The first-order valence-corrected chi connectivity index (χ1v) is 13.5. The molecule has 1 aliphatic carbocycles. The van der Waals surface area contributed by atoms with Crippen LogP contribution in [0.5, 0.6) is 0 Å². The van der Waals surface area contributed by atoms with E-state index >= 15 is 0 Å². The number of hydrogen-bond acceptors (Lipinski definition) is 5. The fraction of sp³-hybridized carbons (Fsp3) is 0.143. The number of thiophene rings is 1. The minimum Gasteiger partial charge on any atom is -0.411 e. The normalized spacial score (nSPS) is 13.5. The molecule has 3 heterocycles. The Kier molecular flexibility index (Phi) is 6.31. The van der Waals surface area contributed by atoms with Crippen LogP contribution in [0.4, 0.5) is 5.69 Å². The smallest absolute Gasteiger partial charge is 0.276 e. The first-order valence-electron chi connectivity index (χ1n) is 11.8. The third-order valence-corrected chi connectivity index (χ3v) is 7.60. The minimum atomic E-state index is 0.273. The number of thiocarbonyl (C=S) groups is 1. The number of anilines is 1. The highest BCUT2D eigenvalue weighted by Crippen LogP contribution is 2.37. The molecule has 36 heavy (non-hydrogen) atoms. The molecule has 0 atom stereocenters. The Morgan fingerprint density at radius 3 is 2.47 bits per heavy atom. The molecule has 0 aliphatic heterocycles. The molecule has 5 aromatic rings. The maximum atomic E-state index is 6.24. The molecule has 0 amide bonds. The molecule has 0 saturated heterocycles. The highest BCUT2D eigenvalue weighted by Gasteiger charge is 2.24. The number of benzene rings is 2. The van der Waals surface area contributed by atoms with E-state index in [1.807, 2.05) is 65.2 Å². The number of hydrogen-bond donors (Lipinski definition) is 1. The fourth-order valence-electron chi connectivity index (χ4n) is 4.70. The summed E-state index contributed by atoms with van der Waals surface area (Å²) in [4.78, 5) is 11.4. The van der Waals surface area contributed by atoms with Crippen LogP contribution in [0.3, 0.4) is 0 Å². The van der Waals surface area contributed by atoms with Crippen LogP contribution < -0.4 is 10.8 Å². The molecule has 3 aromatic heterocycles. The van der Waals surface area contributed by atoms with Crippen molar-refractivity contribution in [2.24, 2.45) is 4.99 Å². The average Bonchev–Trinajstić information content (AvgIpc) is 3.43. The van der Waals surface area contributed by atoms with Crippen LogP contribution in [0, 0.1) is 4.84 Å². The monoisotopic (exact) mass is 526 g/mol. The van der Waals surface area contributed by atoms with E-state index in [1.165, 1.54) is 5.56 Å². The summed E-state index contributed by atoms with van der Waals surface area (Å²) in [6.45, 7) is 0. The van der Waals surface area contributed by atoms with Gasteiger partial charge in [0, 0.05) is 21.8 Å². The van der Waals surface area contributed by atoms with E-state index in [0.717, 1.165) is 58.6 Å². The van der Waals surface area contributed by atoms with Gasteiger partial charge >= 0.3 is 0 Å². The van der Waals surface area contributed by atoms with E-state index < -0.39 is 0 Å². The van der Waals surface area contributed by atoms with Gasteiger partial charge in [-0.3, -0.25) is 4.57 Å². The lowest BCUT2D eigenvalue weighted by Gasteiger charge is -2.21. The Morgan fingerprint density at radius 1 is 0.972 bits per heavy atom. The lowest BCUT2D eigenvalue weighted by molar-refractivity contribution is 0.518. The maximum absolute atomic E-state index is 6.24. The van der Waals surface area contributed by atoms with Gasteiger partial charge in [0.2, 0.25) is 5.71 Å². The summed E-state index contributed by atoms with van der Waals surface area (Å²) in [6.07, 6.45) is 4.15. The second-order valence-corrected chi connectivity index (χ2v) is 10.2. The first kappa shape index (κ1) is 23.0. The molecule has 0 saturated carbocycles. The van der Waals surface area contributed by atoms with Gasteiger partial charge in [0.05, 0.1) is 11.1 Å². The highest BCUT2D eigenvalue weighted by molar-refractivity contribution is 7.80. The van der Waals surface area contributed by atoms with Gasteiger partial charge in [-0.25, -0.2) is 9.98 Å². The van der Waals surface area contributed by atoms with E-state index in [2.05, 4.69) is 22.8 Å². The van der Waals surface area contributed by atoms with E-state index in [9.17, 15) is 0 Å². The second-order valence-electron chi connectivity index (χ2n) is 8.55. The molecule has 0 unspecified atom stereocenters. The molecular formula is C28H22N4OS3. The number of para-hydroxylation sites is 2. The van der Waals surface area contributed by atoms with Crippen molar-refractivity contribution in [1.29, 1.82) is 0 Å². The van der Waals surface area contributed by atoms with Gasteiger partial charge in [0.15, 0.2) is 10.6 Å². The van der Waals surface area contributed by atoms with Crippen molar-refractivity contribution < 1.29 is 4.42 Å². The van der Waals surface area contributed by atoms with Gasteiger partial charge in [0.25, 0.3) is 4.84 Å². The van der Waals surface area contributed by atoms with Crippen molar-refractivity contribution in [3.63, 3.8) is 0 Å².